The summed E-state index contributed by atoms with van der Waals surface area (Å²) in [5.74, 6) is 0.828. The summed E-state index contributed by atoms with van der Waals surface area (Å²) in [5.41, 5.74) is 2.79. The van der Waals surface area contributed by atoms with E-state index in [0.717, 1.165) is 48.3 Å². The van der Waals surface area contributed by atoms with Gasteiger partial charge in [0.25, 0.3) is 0 Å². The number of nitrogens with one attached hydrogen (secondary N) is 2. The van der Waals surface area contributed by atoms with Crippen LogP contribution in [0.25, 0.3) is 11.0 Å². The fraction of sp³-hybridized carbons (Fsp3) is 0.647. The quantitative estimate of drug-likeness (QED) is 0.805. The van der Waals surface area contributed by atoms with Crippen molar-refractivity contribution in [3.05, 3.63) is 17.0 Å². The summed E-state index contributed by atoms with van der Waals surface area (Å²) in [6.45, 7) is 0.787. The average molecular weight is 335 g/mol. The van der Waals surface area contributed by atoms with Gasteiger partial charge in [-0.3, -0.25) is 0 Å². The molecule has 2 N–H and O–H groups in total. The van der Waals surface area contributed by atoms with E-state index in [4.69, 9.17) is 16.3 Å². The highest BCUT2D eigenvalue weighted by Crippen LogP contribution is 2.38. The Morgan fingerprint density at radius 2 is 1.96 bits per heavy atom. The van der Waals surface area contributed by atoms with E-state index < -0.39 is 0 Å². The van der Waals surface area contributed by atoms with Crippen LogP contribution in [0.3, 0.4) is 0 Å². The largest absolute Gasteiger partial charge is 0.373 e. The minimum Gasteiger partial charge on any atom is -0.373 e. The lowest BCUT2D eigenvalue weighted by Gasteiger charge is -2.26. The number of aromatic nitrogens is 3. The molecule has 23 heavy (non-hydrogen) atoms. The molecule has 1 aliphatic carbocycles. The molecule has 2 aromatic heterocycles. The molecule has 1 saturated heterocycles. The first kappa shape index (κ1) is 15.2. The van der Waals surface area contributed by atoms with Gasteiger partial charge in [-0.1, -0.05) is 30.9 Å². The van der Waals surface area contributed by atoms with Crippen LogP contribution in [0.1, 0.15) is 63.0 Å². The Balaban J connectivity index is 1.68. The van der Waals surface area contributed by atoms with Crippen molar-refractivity contribution in [1.29, 1.82) is 0 Å². The maximum absolute atomic E-state index is 6.53. The maximum atomic E-state index is 6.53. The van der Waals surface area contributed by atoms with Gasteiger partial charge in [0.15, 0.2) is 5.82 Å². The lowest BCUT2D eigenvalue weighted by molar-refractivity contribution is 0.0156. The van der Waals surface area contributed by atoms with Crippen molar-refractivity contribution in [2.45, 2.75) is 63.5 Å². The molecular formula is C17H23ClN4O. The SMILES string of the molecule is Clc1nc(NC2CCCCC2)c2[nH]cnc2c1C1CCCCO1. The van der Waals surface area contributed by atoms with Gasteiger partial charge in [0.1, 0.15) is 16.2 Å². The molecule has 1 unspecified atom stereocenters. The van der Waals surface area contributed by atoms with Gasteiger partial charge in [-0.25, -0.2) is 9.97 Å². The van der Waals surface area contributed by atoms with Crippen LogP contribution >= 0.6 is 11.6 Å². The molecule has 124 valence electrons. The highest BCUT2D eigenvalue weighted by molar-refractivity contribution is 6.31. The zero-order valence-corrected chi connectivity index (χ0v) is 14.0. The first-order valence-electron chi connectivity index (χ1n) is 8.73. The normalized spacial score (nSPS) is 23.3. The number of hydrogen-bond acceptors (Lipinski definition) is 4. The fourth-order valence-corrected chi connectivity index (χ4v) is 4.09. The van der Waals surface area contributed by atoms with Crippen molar-refractivity contribution >= 4 is 28.5 Å². The number of H-pyrrole nitrogens is 1. The summed E-state index contributed by atoms with van der Waals surface area (Å²) < 4.78 is 5.91. The van der Waals surface area contributed by atoms with Crippen LogP contribution in [0.2, 0.25) is 5.15 Å². The molecule has 5 nitrogen and oxygen atoms in total. The molecule has 0 spiro atoms. The predicted molar refractivity (Wildman–Crippen MR) is 91.9 cm³/mol. The number of hydrogen-bond donors (Lipinski definition) is 2. The molecule has 1 aliphatic heterocycles. The number of halogens is 1. The van der Waals surface area contributed by atoms with Gasteiger partial charge in [0, 0.05) is 18.2 Å². The van der Waals surface area contributed by atoms with E-state index in [1.54, 1.807) is 6.33 Å². The minimum absolute atomic E-state index is 0.0123. The third-order valence-corrected chi connectivity index (χ3v) is 5.30. The molecule has 1 saturated carbocycles. The van der Waals surface area contributed by atoms with E-state index in [1.165, 1.54) is 32.1 Å². The van der Waals surface area contributed by atoms with Crippen LogP contribution in [0.5, 0.6) is 0 Å². The third kappa shape index (κ3) is 3.04. The number of imidazole rings is 1. The van der Waals surface area contributed by atoms with Crippen molar-refractivity contribution in [2.75, 3.05) is 11.9 Å². The number of aromatic amines is 1. The molecular weight excluding hydrogens is 312 g/mol. The Bertz CT molecular complexity index is 675. The molecule has 2 aromatic rings. The summed E-state index contributed by atoms with van der Waals surface area (Å²) in [5, 5.41) is 4.10. The molecule has 0 radical (unpaired) electrons. The van der Waals surface area contributed by atoms with E-state index in [0.29, 0.717) is 11.2 Å². The molecule has 4 rings (SSSR count). The number of rotatable bonds is 3. The van der Waals surface area contributed by atoms with Gasteiger partial charge in [-0.15, -0.1) is 0 Å². The topological polar surface area (TPSA) is 62.8 Å². The van der Waals surface area contributed by atoms with Crippen molar-refractivity contribution in [3.8, 4) is 0 Å². The Morgan fingerprint density at radius 3 is 2.74 bits per heavy atom. The Labute approximate surface area is 141 Å². The number of nitrogens with zero attached hydrogens (tertiary/aromatic N) is 2. The van der Waals surface area contributed by atoms with Crippen molar-refractivity contribution < 1.29 is 4.74 Å². The smallest absolute Gasteiger partial charge is 0.154 e. The lowest BCUT2D eigenvalue weighted by atomic mass is 9.95. The molecule has 6 heteroatoms. The first-order valence-corrected chi connectivity index (χ1v) is 9.11. The number of anilines is 1. The van der Waals surface area contributed by atoms with E-state index in [1.807, 2.05) is 0 Å². The first-order chi connectivity index (χ1) is 11.3. The second-order valence-electron chi connectivity index (χ2n) is 6.63. The highest BCUT2D eigenvalue weighted by Gasteiger charge is 2.26. The van der Waals surface area contributed by atoms with Gasteiger partial charge in [-0.05, 0) is 32.1 Å². The Kier molecular flexibility index (Phi) is 4.40. The molecule has 2 aliphatic rings. The highest BCUT2D eigenvalue weighted by atomic mass is 35.5. The van der Waals surface area contributed by atoms with Gasteiger partial charge in [0.05, 0.1) is 12.4 Å². The summed E-state index contributed by atoms with van der Waals surface area (Å²) in [6, 6.07) is 0.482. The molecule has 2 fully saturated rings. The number of pyridine rings is 1. The average Bonchev–Trinajstić information content (AvgIpc) is 3.06. The monoisotopic (exact) mass is 334 g/mol. The minimum atomic E-state index is 0.0123. The van der Waals surface area contributed by atoms with Crippen LogP contribution in [0.4, 0.5) is 5.82 Å². The lowest BCUT2D eigenvalue weighted by Crippen LogP contribution is -2.23. The third-order valence-electron chi connectivity index (χ3n) is 5.01. The van der Waals surface area contributed by atoms with Crippen LogP contribution in [0, 0.1) is 0 Å². The van der Waals surface area contributed by atoms with Crippen LogP contribution in [0.15, 0.2) is 6.33 Å². The summed E-state index contributed by atoms with van der Waals surface area (Å²) in [7, 11) is 0. The predicted octanol–water partition coefficient (Wildman–Crippen LogP) is 4.60. The standard InChI is InChI=1S/C17H23ClN4O/c18-16-13(12-8-4-5-9-23-12)14-15(20-10-19-14)17(22-16)21-11-6-2-1-3-7-11/h10-12H,1-9H2,(H,19,20)(H,21,22). The fourth-order valence-electron chi connectivity index (χ4n) is 3.79. The van der Waals surface area contributed by atoms with Crippen molar-refractivity contribution in [1.82, 2.24) is 15.0 Å². The molecule has 0 aromatic carbocycles. The van der Waals surface area contributed by atoms with E-state index >= 15 is 0 Å². The molecule has 3 heterocycles. The zero-order valence-electron chi connectivity index (χ0n) is 13.3. The zero-order chi connectivity index (χ0) is 15.6. The van der Waals surface area contributed by atoms with E-state index in [2.05, 4.69) is 20.3 Å². The van der Waals surface area contributed by atoms with Gasteiger partial charge in [-0.2, -0.15) is 0 Å². The van der Waals surface area contributed by atoms with E-state index in [-0.39, 0.29) is 6.10 Å². The molecule has 0 bridgehead atoms. The van der Waals surface area contributed by atoms with Gasteiger partial charge in [0.2, 0.25) is 0 Å². The van der Waals surface area contributed by atoms with E-state index in [9.17, 15) is 0 Å². The van der Waals surface area contributed by atoms with Crippen LogP contribution in [-0.2, 0) is 4.74 Å². The van der Waals surface area contributed by atoms with Crippen LogP contribution < -0.4 is 5.32 Å². The molecule has 0 amide bonds. The van der Waals surface area contributed by atoms with Crippen molar-refractivity contribution in [2.24, 2.45) is 0 Å². The summed E-state index contributed by atoms with van der Waals surface area (Å²) in [6.07, 6.45) is 11.3. The Hall–Kier alpha value is -1.33. The second-order valence-corrected chi connectivity index (χ2v) is 6.98. The summed E-state index contributed by atoms with van der Waals surface area (Å²) >= 11 is 6.53. The maximum Gasteiger partial charge on any atom is 0.154 e. The molecule has 1 atom stereocenters. The van der Waals surface area contributed by atoms with Crippen LogP contribution in [-0.4, -0.2) is 27.6 Å². The summed E-state index contributed by atoms with van der Waals surface area (Å²) in [4.78, 5) is 12.4. The second kappa shape index (κ2) is 6.65. The number of fused-ring (bicyclic) bond motifs is 1. The van der Waals surface area contributed by atoms with Gasteiger partial charge >= 0.3 is 0 Å². The van der Waals surface area contributed by atoms with Gasteiger partial charge < -0.3 is 15.0 Å². The van der Waals surface area contributed by atoms with Crippen molar-refractivity contribution in [3.63, 3.8) is 0 Å². The number of ether oxygens (including phenoxy) is 1. The Morgan fingerprint density at radius 1 is 1.13 bits per heavy atom.